The number of carboxylic acid groups (broad SMARTS) is 1. The van der Waals surface area contributed by atoms with Crippen molar-refractivity contribution in [2.24, 2.45) is 7.05 Å². The molecule has 0 aliphatic carbocycles. The first-order chi connectivity index (χ1) is 6.99. The van der Waals surface area contributed by atoms with Gasteiger partial charge in [0.25, 0.3) is 0 Å². The Balaban J connectivity index is 2.93. The maximum absolute atomic E-state index is 10.7. The second-order valence-corrected chi connectivity index (χ2v) is 2.68. The van der Waals surface area contributed by atoms with E-state index in [0.717, 1.165) is 6.08 Å². The number of carbonyl (C=O) groups is 2. The Hall–Kier alpha value is -2.25. The highest BCUT2D eigenvalue weighted by Gasteiger charge is 2.10. The average molecular weight is 211 g/mol. The fraction of sp³-hybridized carbons (Fsp3) is 0.286. The number of carbonyl (C=O) groups excluding carboxylic acids is 1. The van der Waals surface area contributed by atoms with E-state index in [1.165, 1.54) is 11.7 Å². The summed E-state index contributed by atoms with van der Waals surface area (Å²) < 4.78 is 0. The van der Waals surface area contributed by atoms with Gasteiger partial charge in [0, 0.05) is 13.0 Å². The van der Waals surface area contributed by atoms with Crippen LogP contribution in [0.5, 0.6) is 0 Å². The van der Waals surface area contributed by atoms with Gasteiger partial charge >= 0.3 is 5.97 Å². The molecule has 0 spiro atoms. The maximum Gasteiger partial charge on any atom is 0.352 e. The highest BCUT2D eigenvalue weighted by molar-refractivity contribution is 5.95. The summed E-state index contributed by atoms with van der Waals surface area (Å²) in [6.07, 6.45) is 1.12. The molecule has 1 aromatic heterocycles. The van der Waals surface area contributed by atoms with Crippen molar-refractivity contribution in [1.29, 1.82) is 0 Å². The number of hydrogen-bond donors (Lipinski definition) is 2. The molecule has 1 amide bonds. The number of nitrogens with one attached hydrogen (secondary N) is 1. The summed E-state index contributed by atoms with van der Waals surface area (Å²) >= 11 is 0. The number of rotatable bonds is 3. The van der Waals surface area contributed by atoms with Gasteiger partial charge in [-0.15, -0.1) is 10.2 Å². The molecule has 0 aliphatic rings. The van der Waals surface area contributed by atoms with Crippen LogP contribution in [0.3, 0.4) is 0 Å². The number of nitrogens with zero attached hydrogens (tertiary/aromatic N) is 4. The molecule has 0 aliphatic heterocycles. The quantitative estimate of drug-likeness (QED) is 0.606. The Morgan fingerprint density at radius 1 is 1.53 bits per heavy atom. The first-order valence-electron chi connectivity index (χ1n) is 3.95. The molecule has 0 saturated carbocycles. The molecule has 0 aromatic carbocycles. The predicted octanol–water partition coefficient (Wildman–Crippen LogP) is -1.23. The third-order valence-corrected chi connectivity index (χ3v) is 1.34. The zero-order valence-corrected chi connectivity index (χ0v) is 8.13. The van der Waals surface area contributed by atoms with Crippen molar-refractivity contribution in [1.82, 2.24) is 25.5 Å². The molecule has 80 valence electrons. The van der Waals surface area contributed by atoms with Gasteiger partial charge in [0.2, 0.25) is 5.91 Å². The van der Waals surface area contributed by atoms with E-state index in [2.05, 4.69) is 20.7 Å². The van der Waals surface area contributed by atoms with Crippen molar-refractivity contribution in [3.05, 3.63) is 11.5 Å². The molecule has 0 unspecified atom stereocenters. The molecule has 15 heavy (non-hydrogen) atoms. The highest BCUT2D eigenvalue weighted by Crippen LogP contribution is 1.97. The molecule has 0 saturated heterocycles. The Bertz CT molecular complexity index is 422. The summed E-state index contributed by atoms with van der Waals surface area (Å²) in [7, 11) is 1.54. The Morgan fingerprint density at radius 2 is 2.20 bits per heavy atom. The Morgan fingerprint density at radius 3 is 2.60 bits per heavy atom. The lowest BCUT2D eigenvalue weighted by molar-refractivity contribution is -0.134. The van der Waals surface area contributed by atoms with Gasteiger partial charge in [0.15, 0.2) is 5.82 Å². The van der Waals surface area contributed by atoms with Crippen LogP contribution in [-0.4, -0.2) is 37.2 Å². The summed E-state index contributed by atoms with van der Waals surface area (Å²) in [5.74, 6) is -1.63. The third-order valence-electron chi connectivity index (χ3n) is 1.34. The SMILES string of the molecule is CC(=O)N/C(=C\c1nnn(C)n1)C(=O)O. The van der Waals surface area contributed by atoms with Gasteiger partial charge in [-0.3, -0.25) is 4.79 Å². The van der Waals surface area contributed by atoms with E-state index >= 15 is 0 Å². The number of aromatic nitrogens is 4. The van der Waals surface area contributed by atoms with Crippen molar-refractivity contribution in [2.45, 2.75) is 6.92 Å². The second kappa shape index (κ2) is 4.31. The normalized spacial score (nSPS) is 11.2. The second-order valence-electron chi connectivity index (χ2n) is 2.68. The summed E-state index contributed by atoms with van der Waals surface area (Å²) in [5, 5.41) is 21.7. The van der Waals surface area contributed by atoms with Crippen LogP contribution in [-0.2, 0) is 16.6 Å². The molecule has 1 aromatic rings. The van der Waals surface area contributed by atoms with Gasteiger partial charge < -0.3 is 10.4 Å². The third kappa shape index (κ3) is 3.18. The largest absolute Gasteiger partial charge is 0.477 e. The zero-order chi connectivity index (χ0) is 11.4. The van der Waals surface area contributed by atoms with E-state index in [-0.39, 0.29) is 11.5 Å². The molecule has 2 N–H and O–H groups in total. The fourth-order valence-corrected chi connectivity index (χ4v) is 0.827. The molecule has 0 bridgehead atoms. The minimum atomic E-state index is -1.27. The molecule has 8 heteroatoms. The van der Waals surface area contributed by atoms with Crippen molar-refractivity contribution in [2.75, 3.05) is 0 Å². The van der Waals surface area contributed by atoms with E-state index in [1.807, 2.05) is 0 Å². The van der Waals surface area contributed by atoms with Crippen LogP contribution < -0.4 is 5.32 Å². The molecule has 1 heterocycles. The maximum atomic E-state index is 10.7. The van der Waals surface area contributed by atoms with E-state index in [9.17, 15) is 9.59 Å². The fourth-order valence-electron chi connectivity index (χ4n) is 0.827. The van der Waals surface area contributed by atoms with Crippen molar-refractivity contribution < 1.29 is 14.7 Å². The lowest BCUT2D eigenvalue weighted by Crippen LogP contribution is -2.24. The van der Waals surface area contributed by atoms with E-state index in [0.29, 0.717) is 0 Å². The lowest BCUT2D eigenvalue weighted by Gasteiger charge is -2.00. The molecule has 0 radical (unpaired) electrons. The number of carboxylic acids is 1. The topological polar surface area (TPSA) is 110 Å². The number of hydrogen-bond acceptors (Lipinski definition) is 5. The van der Waals surface area contributed by atoms with E-state index < -0.39 is 11.9 Å². The van der Waals surface area contributed by atoms with Crippen LogP contribution in [0, 0.1) is 0 Å². The van der Waals surface area contributed by atoms with Crippen LogP contribution in [0.2, 0.25) is 0 Å². The predicted molar refractivity (Wildman–Crippen MR) is 48.2 cm³/mol. The van der Waals surface area contributed by atoms with Crippen LogP contribution in [0.4, 0.5) is 0 Å². The molecule has 0 atom stereocenters. The molecule has 0 fully saturated rings. The zero-order valence-electron chi connectivity index (χ0n) is 8.13. The first-order valence-corrected chi connectivity index (χ1v) is 3.95. The standard InChI is InChI=1S/C7H9N5O3/c1-4(13)8-5(7(14)15)3-6-9-11-12(2)10-6/h3H,1-2H3,(H,8,13)(H,14,15)/b5-3-. The number of aryl methyl sites for hydroxylation is 1. The summed E-state index contributed by atoms with van der Waals surface area (Å²) in [6, 6.07) is 0. The van der Waals surface area contributed by atoms with Crippen molar-refractivity contribution in [3.63, 3.8) is 0 Å². The van der Waals surface area contributed by atoms with Gasteiger partial charge in [0.05, 0.1) is 7.05 Å². The van der Waals surface area contributed by atoms with Gasteiger partial charge in [0.1, 0.15) is 5.70 Å². The monoisotopic (exact) mass is 211 g/mol. The van der Waals surface area contributed by atoms with Gasteiger partial charge in [-0.05, 0) is 5.21 Å². The van der Waals surface area contributed by atoms with Gasteiger partial charge in [-0.1, -0.05) is 0 Å². The highest BCUT2D eigenvalue weighted by atomic mass is 16.4. The van der Waals surface area contributed by atoms with Gasteiger partial charge in [-0.2, -0.15) is 4.80 Å². The van der Waals surface area contributed by atoms with E-state index in [4.69, 9.17) is 5.11 Å². The van der Waals surface area contributed by atoms with Crippen LogP contribution in [0.25, 0.3) is 6.08 Å². The smallest absolute Gasteiger partial charge is 0.352 e. The van der Waals surface area contributed by atoms with E-state index in [1.54, 1.807) is 7.05 Å². The minimum Gasteiger partial charge on any atom is -0.477 e. The van der Waals surface area contributed by atoms with Crippen molar-refractivity contribution in [3.8, 4) is 0 Å². The van der Waals surface area contributed by atoms with Crippen molar-refractivity contribution >= 4 is 18.0 Å². The molecular formula is C7H9N5O3. The molecule has 8 nitrogen and oxygen atoms in total. The molecular weight excluding hydrogens is 202 g/mol. The molecule has 1 rings (SSSR count). The Kier molecular flexibility index (Phi) is 3.11. The van der Waals surface area contributed by atoms with Crippen LogP contribution in [0.15, 0.2) is 5.70 Å². The average Bonchev–Trinajstić information content (AvgIpc) is 2.49. The van der Waals surface area contributed by atoms with Crippen LogP contribution in [0.1, 0.15) is 12.7 Å². The minimum absolute atomic E-state index is 0.114. The summed E-state index contributed by atoms with van der Waals surface area (Å²) in [5.41, 5.74) is -0.296. The number of aliphatic carboxylic acids is 1. The first kappa shape index (κ1) is 10.8. The van der Waals surface area contributed by atoms with Crippen LogP contribution >= 0.6 is 0 Å². The number of tetrazole rings is 1. The van der Waals surface area contributed by atoms with Gasteiger partial charge in [-0.25, -0.2) is 4.79 Å². The number of amides is 1. The summed E-state index contributed by atoms with van der Waals surface area (Å²) in [4.78, 5) is 22.5. The summed E-state index contributed by atoms with van der Waals surface area (Å²) in [6.45, 7) is 1.21. The Labute approximate surface area is 84.6 Å². The lowest BCUT2D eigenvalue weighted by atomic mass is 10.3.